The van der Waals surface area contributed by atoms with E-state index in [4.69, 9.17) is 5.73 Å². The summed E-state index contributed by atoms with van der Waals surface area (Å²) in [6.07, 6.45) is 18.3. The molecule has 1 aromatic rings. The van der Waals surface area contributed by atoms with Crippen molar-refractivity contribution in [2.75, 3.05) is 6.54 Å². The molecule has 1 atom stereocenters. The van der Waals surface area contributed by atoms with Gasteiger partial charge in [0.05, 0.1) is 6.21 Å². The first-order valence-corrected chi connectivity index (χ1v) is 10.8. The van der Waals surface area contributed by atoms with E-state index in [9.17, 15) is 4.48 Å². The Labute approximate surface area is 175 Å². The minimum Gasteiger partial charge on any atom is -0.330 e. The van der Waals surface area contributed by atoms with Crippen molar-refractivity contribution in [3.05, 3.63) is 76.9 Å². The highest BCUT2D eigenvalue weighted by Crippen LogP contribution is 2.29. The van der Waals surface area contributed by atoms with Gasteiger partial charge in [-0.1, -0.05) is 69.7 Å². The van der Waals surface area contributed by atoms with Gasteiger partial charge < -0.3 is 5.73 Å². The second-order valence-electron chi connectivity index (χ2n) is 7.88. The number of benzene rings is 1. The van der Waals surface area contributed by atoms with Crippen LogP contribution in [-0.2, 0) is 0 Å². The van der Waals surface area contributed by atoms with Crippen LogP contribution >= 0.6 is 0 Å². The van der Waals surface area contributed by atoms with Crippen LogP contribution in [0.3, 0.4) is 0 Å². The summed E-state index contributed by atoms with van der Waals surface area (Å²) < 4.78 is 12.8. The minimum atomic E-state index is 0.237. The Bertz CT molecular complexity index is 753. The number of unbranched alkanes of at least 4 members (excludes halogenated alkanes) is 1. The average Bonchev–Trinajstić information content (AvgIpc) is 3.17. The summed E-state index contributed by atoms with van der Waals surface area (Å²) in [7, 11) is 0. The zero-order valence-corrected chi connectivity index (χ0v) is 17.7. The third-order valence-corrected chi connectivity index (χ3v) is 5.60. The van der Waals surface area contributed by atoms with Crippen LogP contribution in [0, 0.1) is 12.8 Å². The average molecular weight is 395 g/mol. The highest BCUT2D eigenvalue weighted by Gasteiger charge is 2.13. The highest BCUT2D eigenvalue weighted by atomic mass is 19.2. The molecule has 2 N–H and O–H groups in total. The monoisotopic (exact) mass is 394 g/mol. The van der Waals surface area contributed by atoms with Gasteiger partial charge >= 0.3 is 0 Å². The Morgan fingerprint density at radius 2 is 2.00 bits per heavy atom. The Hall–Kier alpha value is -2.26. The predicted molar refractivity (Wildman–Crippen MR) is 125 cm³/mol. The summed E-state index contributed by atoms with van der Waals surface area (Å²) in [5.74, 6) is 0.237. The van der Waals surface area contributed by atoms with Gasteiger partial charge in [0.25, 0.3) is 0 Å². The van der Waals surface area contributed by atoms with Crippen molar-refractivity contribution in [3.63, 3.8) is 0 Å². The lowest BCUT2D eigenvalue weighted by atomic mass is 9.88. The quantitative estimate of drug-likeness (QED) is 0.217. The number of nitrogens with two attached hydrogens (primary N) is 1. The van der Waals surface area contributed by atoms with Crippen molar-refractivity contribution >= 4 is 12.3 Å². The Balaban J connectivity index is 1.96. The van der Waals surface area contributed by atoms with Crippen LogP contribution < -0.4 is 5.73 Å². The second-order valence-corrected chi connectivity index (χ2v) is 7.88. The van der Waals surface area contributed by atoms with E-state index >= 15 is 0 Å². The van der Waals surface area contributed by atoms with Crippen LogP contribution in [0.5, 0.6) is 0 Å². The lowest BCUT2D eigenvalue weighted by Gasteiger charge is -2.17. The van der Waals surface area contributed by atoms with Crippen molar-refractivity contribution in [3.8, 4) is 0 Å². The van der Waals surface area contributed by atoms with Crippen LogP contribution in [0.15, 0.2) is 71.0 Å². The number of hydrogen-bond acceptors (Lipinski definition) is 2. The predicted octanol–water partition coefficient (Wildman–Crippen LogP) is 7.08. The molecular weight excluding hydrogens is 359 g/mol. The molecule has 1 aliphatic carbocycles. The Morgan fingerprint density at radius 3 is 2.69 bits per heavy atom. The van der Waals surface area contributed by atoms with Crippen molar-refractivity contribution in [2.24, 2.45) is 16.9 Å². The molecule has 1 aliphatic rings. The first-order chi connectivity index (χ1) is 14.2. The maximum absolute atomic E-state index is 12.8. The molecule has 0 saturated carbocycles. The SMILES string of the molecule is C=CCC(CCCCC1=C(CCCN)C=CC1)/C(C=NF)=C/c1ccc(C)cc1. The normalized spacial score (nSPS) is 15.5. The molecule has 0 heterocycles. The van der Waals surface area contributed by atoms with Gasteiger partial charge in [0.2, 0.25) is 0 Å². The third-order valence-electron chi connectivity index (χ3n) is 5.60. The molecule has 0 bridgehead atoms. The smallest absolute Gasteiger partial charge is 0.0634 e. The molecule has 2 rings (SSSR count). The molecule has 156 valence electrons. The summed E-state index contributed by atoms with van der Waals surface area (Å²) in [6, 6.07) is 8.28. The fraction of sp³-hybridized carbons (Fsp3) is 0.423. The lowest BCUT2D eigenvalue weighted by Crippen LogP contribution is -2.05. The second kappa shape index (κ2) is 13.1. The van der Waals surface area contributed by atoms with Crippen LogP contribution in [0.4, 0.5) is 4.48 Å². The van der Waals surface area contributed by atoms with Gasteiger partial charge in [-0.15, -0.1) is 6.58 Å². The molecule has 0 aromatic heterocycles. The van der Waals surface area contributed by atoms with Crippen molar-refractivity contribution < 1.29 is 4.48 Å². The highest BCUT2D eigenvalue weighted by molar-refractivity contribution is 5.85. The largest absolute Gasteiger partial charge is 0.330 e. The number of aryl methyl sites for hydroxylation is 1. The van der Waals surface area contributed by atoms with E-state index < -0.39 is 0 Å². The van der Waals surface area contributed by atoms with Crippen LogP contribution in [0.25, 0.3) is 6.08 Å². The van der Waals surface area contributed by atoms with Crippen molar-refractivity contribution in [1.29, 1.82) is 0 Å². The Morgan fingerprint density at radius 1 is 1.21 bits per heavy atom. The first-order valence-electron chi connectivity index (χ1n) is 10.8. The molecule has 29 heavy (non-hydrogen) atoms. The van der Waals surface area contributed by atoms with E-state index in [0.717, 1.165) is 69.0 Å². The number of halogens is 1. The molecule has 0 amide bonds. The molecule has 2 nitrogen and oxygen atoms in total. The van der Waals surface area contributed by atoms with Gasteiger partial charge in [0, 0.05) is 0 Å². The fourth-order valence-electron chi connectivity index (χ4n) is 3.93. The zero-order valence-electron chi connectivity index (χ0n) is 17.7. The number of allylic oxidation sites excluding steroid dienone is 6. The standard InChI is InChI=1S/C26H35FN2/c1-3-8-23(26(20-29-27)19-22-16-14-21(2)15-17-22)9-4-5-10-24-11-6-12-25(24)13-7-18-28/h3,6,12,14-17,19-20,23H,1,4-5,7-11,13,18,28H2,2H3/b26-19+,29-20?. The summed E-state index contributed by atoms with van der Waals surface area (Å²) >= 11 is 0. The van der Waals surface area contributed by atoms with Gasteiger partial charge in [-0.25, -0.2) is 0 Å². The van der Waals surface area contributed by atoms with E-state index in [0.29, 0.717) is 0 Å². The van der Waals surface area contributed by atoms with Crippen molar-refractivity contribution in [1.82, 2.24) is 0 Å². The summed E-state index contributed by atoms with van der Waals surface area (Å²) in [5.41, 5.74) is 11.9. The molecule has 0 radical (unpaired) electrons. The molecule has 1 aromatic carbocycles. The maximum atomic E-state index is 12.8. The first kappa shape index (κ1) is 23.0. The van der Waals surface area contributed by atoms with Gasteiger partial charge in [-0.2, -0.15) is 0 Å². The van der Waals surface area contributed by atoms with E-state index in [-0.39, 0.29) is 5.92 Å². The number of rotatable bonds is 13. The molecule has 0 fully saturated rings. The fourth-order valence-corrected chi connectivity index (χ4v) is 3.93. The van der Waals surface area contributed by atoms with E-state index in [1.807, 2.05) is 12.2 Å². The minimum absolute atomic E-state index is 0.237. The summed E-state index contributed by atoms with van der Waals surface area (Å²) in [5, 5.41) is 2.83. The number of nitrogens with zero attached hydrogens (tertiary/aromatic N) is 1. The van der Waals surface area contributed by atoms with E-state index in [1.165, 1.54) is 17.4 Å². The van der Waals surface area contributed by atoms with Crippen LogP contribution in [-0.4, -0.2) is 12.8 Å². The topological polar surface area (TPSA) is 38.4 Å². The van der Waals surface area contributed by atoms with E-state index in [2.05, 4.69) is 55.1 Å². The molecule has 0 saturated heterocycles. The van der Waals surface area contributed by atoms with Gasteiger partial charge in [0.15, 0.2) is 0 Å². The molecule has 1 unspecified atom stereocenters. The maximum Gasteiger partial charge on any atom is 0.0634 e. The molecule has 0 aliphatic heterocycles. The number of hydrogen-bond donors (Lipinski definition) is 1. The van der Waals surface area contributed by atoms with Gasteiger partial charge in [-0.3, -0.25) is 0 Å². The zero-order chi connectivity index (χ0) is 20.9. The van der Waals surface area contributed by atoms with Gasteiger partial charge in [0.1, 0.15) is 0 Å². The summed E-state index contributed by atoms with van der Waals surface area (Å²) in [6.45, 7) is 6.71. The third kappa shape index (κ3) is 7.94. The van der Waals surface area contributed by atoms with E-state index in [1.54, 1.807) is 5.57 Å². The van der Waals surface area contributed by atoms with Gasteiger partial charge in [-0.05, 0) is 87.1 Å². The van der Waals surface area contributed by atoms with Crippen molar-refractivity contribution in [2.45, 2.75) is 58.3 Å². The summed E-state index contributed by atoms with van der Waals surface area (Å²) in [4.78, 5) is 0. The Kier molecular flexibility index (Phi) is 10.4. The lowest BCUT2D eigenvalue weighted by molar-refractivity contribution is 0.524. The molecule has 3 heteroatoms. The molecular formula is C26H35FN2. The van der Waals surface area contributed by atoms with Crippen LogP contribution in [0.2, 0.25) is 0 Å². The van der Waals surface area contributed by atoms with Crippen LogP contribution in [0.1, 0.15) is 62.5 Å². The molecule has 0 spiro atoms.